The molecule has 5 nitrogen and oxygen atoms in total. The van der Waals surface area contributed by atoms with Crippen LogP contribution in [-0.2, 0) is 14.2 Å². The second-order valence-electron chi connectivity index (χ2n) is 8.16. The lowest BCUT2D eigenvalue weighted by Gasteiger charge is -2.34. The fraction of sp³-hybridized carbons (Fsp3) is 0.818. The highest BCUT2D eigenvalue weighted by Gasteiger charge is 2.40. The lowest BCUT2D eigenvalue weighted by Crippen LogP contribution is -2.40. The molecule has 2 heterocycles. The Labute approximate surface area is 163 Å². The van der Waals surface area contributed by atoms with E-state index in [0.29, 0.717) is 12.2 Å². The zero-order chi connectivity index (χ0) is 19.1. The third kappa shape index (κ3) is 6.68. The molecule has 2 N–H and O–H groups in total. The third-order valence-corrected chi connectivity index (χ3v) is 5.78. The van der Waals surface area contributed by atoms with Gasteiger partial charge in [0.2, 0.25) is 0 Å². The summed E-state index contributed by atoms with van der Waals surface area (Å²) in [7, 11) is 0. The summed E-state index contributed by atoms with van der Waals surface area (Å²) in [6, 6.07) is 0. The Morgan fingerprint density at radius 3 is 2.19 bits per heavy atom. The van der Waals surface area contributed by atoms with E-state index in [1.165, 1.54) is 12.0 Å². The Hall–Kier alpha value is -0.720. The van der Waals surface area contributed by atoms with Crippen molar-refractivity contribution in [2.75, 3.05) is 26.4 Å². The van der Waals surface area contributed by atoms with E-state index in [4.69, 9.17) is 14.2 Å². The summed E-state index contributed by atoms with van der Waals surface area (Å²) in [6.07, 6.45) is 14.4. The summed E-state index contributed by atoms with van der Waals surface area (Å²) in [6.45, 7) is 5.42. The van der Waals surface area contributed by atoms with Crippen molar-refractivity contribution in [3.63, 3.8) is 0 Å². The molecule has 2 saturated heterocycles. The predicted molar refractivity (Wildman–Crippen MR) is 104 cm³/mol. The van der Waals surface area contributed by atoms with Crippen molar-refractivity contribution in [3.8, 4) is 0 Å². The first-order valence-electron chi connectivity index (χ1n) is 10.7. The van der Waals surface area contributed by atoms with Crippen LogP contribution in [0.15, 0.2) is 23.3 Å². The maximum atomic E-state index is 10.6. The van der Waals surface area contributed by atoms with Crippen LogP contribution in [0.1, 0.15) is 64.7 Å². The van der Waals surface area contributed by atoms with Gasteiger partial charge >= 0.3 is 0 Å². The minimum absolute atomic E-state index is 0.0794. The van der Waals surface area contributed by atoms with Crippen molar-refractivity contribution in [1.82, 2.24) is 0 Å². The van der Waals surface area contributed by atoms with Crippen molar-refractivity contribution >= 4 is 0 Å². The van der Waals surface area contributed by atoms with E-state index in [9.17, 15) is 10.2 Å². The van der Waals surface area contributed by atoms with Gasteiger partial charge in [0.15, 0.2) is 5.79 Å². The van der Waals surface area contributed by atoms with Gasteiger partial charge in [-0.15, -0.1) is 0 Å². The molecule has 2 aliphatic carbocycles. The largest absolute Gasteiger partial charge is 0.376 e. The minimum atomic E-state index is -1.60. The normalized spacial score (nSPS) is 27.5. The molecule has 154 valence electrons. The van der Waals surface area contributed by atoms with Gasteiger partial charge in [-0.2, -0.15) is 0 Å². The maximum absolute atomic E-state index is 10.6. The summed E-state index contributed by atoms with van der Waals surface area (Å²) in [5.74, 6) is -1.67. The second kappa shape index (κ2) is 10.2. The Morgan fingerprint density at radius 1 is 1.07 bits per heavy atom. The molecule has 27 heavy (non-hydrogen) atoms. The van der Waals surface area contributed by atoms with Crippen LogP contribution in [0.2, 0.25) is 0 Å². The number of hydrogen-bond donors (Lipinski definition) is 2. The summed E-state index contributed by atoms with van der Waals surface area (Å²) in [5, 5.41) is 21.2. The van der Waals surface area contributed by atoms with Gasteiger partial charge in [0, 0.05) is 5.92 Å². The molecule has 5 heteroatoms. The lowest BCUT2D eigenvalue weighted by atomic mass is 9.81. The SMILES string of the molecule is C(OCC1CO1)C1CO1.CCCCC(C1=CCCC1)C(O)(O)C1=CCCC1. The number of hydrogen-bond acceptors (Lipinski definition) is 5. The summed E-state index contributed by atoms with van der Waals surface area (Å²) >= 11 is 0. The van der Waals surface area contributed by atoms with Crippen molar-refractivity contribution in [2.45, 2.75) is 82.7 Å². The van der Waals surface area contributed by atoms with E-state index in [1.807, 2.05) is 6.08 Å². The van der Waals surface area contributed by atoms with Gasteiger partial charge in [-0.3, -0.25) is 0 Å². The molecule has 0 amide bonds. The molecular weight excluding hydrogens is 344 g/mol. The Bertz CT molecular complexity index is 505. The highest BCUT2D eigenvalue weighted by Crippen LogP contribution is 2.41. The van der Waals surface area contributed by atoms with Gasteiger partial charge in [-0.1, -0.05) is 37.5 Å². The molecule has 0 bridgehead atoms. The minimum Gasteiger partial charge on any atom is -0.376 e. The topological polar surface area (TPSA) is 74.8 Å². The molecule has 0 saturated carbocycles. The van der Waals surface area contributed by atoms with E-state index in [-0.39, 0.29) is 5.92 Å². The molecule has 4 aliphatic rings. The van der Waals surface area contributed by atoms with E-state index < -0.39 is 5.79 Å². The van der Waals surface area contributed by atoms with Crippen molar-refractivity contribution in [1.29, 1.82) is 0 Å². The van der Waals surface area contributed by atoms with Crippen molar-refractivity contribution in [3.05, 3.63) is 23.3 Å². The number of unbranched alkanes of at least 4 members (excludes halogenated alkanes) is 1. The molecule has 0 spiro atoms. The number of aliphatic hydroxyl groups is 2. The van der Waals surface area contributed by atoms with Gasteiger partial charge in [-0.25, -0.2) is 0 Å². The summed E-state index contributed by atoms with van der Waals surface area (Å²) < 4.78 is 15.1. The number of allylic oxidation sites excluding steroid dienone is 2. The molecule has 0 aromatic rings. The molecule has 4 rings (SSSR count). The van der Waals surface area contributed by atoms with Crippen LogP contribution in [0.25, 0.3) is 0 Å². The second-order valence-corrected chi connectivity index (χ2v) is 8.16. The van der Waals surface area contributed by atoms with Gasteiger partial charge < -0.3 is 24.4 Å². The summed E-state index contributed by atoms with van der Waals surface area (Å²) in [5.41, 5.74) is 2.14. The van der Waals surface area contributed by atoms with Crippen LogP contribution in [-0.4, -0.2) is 54.6 Å². The monoisotopic (exact) mass is 380 g/mol. The standard InChI is InChI=1S/C16H26O2.C6H10O3/c1-2-3-12-15(13-8-4-5-9-13)16(17,18)14-10-6-7-11-14;1(5-3-8-5)7-2-6-4-9-6/h8,10,15,17-18H,2-7,9,11-12H2,1H3;5-6H,1-4H2. The fourth-order valence-electron chi connectivity index (χ4n) is 3.95. The van der Waals surface area contributed by atoms with Gasteiger partial charge in [0.05, 0.1) is 26.4 Å². The predicted octanol–water partition coefficient (Wildman–Crippen LogP) is 3.49. The molecule has 3 atom stereocenters. The molecule has 0 aromatic carbocycles. The molecule has 3 unspecified atom stereocenters. The molecule has 2 fully saturated rings. The number of rotatable bonds is 10. The fourth-order valence-corrected chi connectivity index (χ4v) is 3.95. The Balaban J connectivity index is 0.000000193. The average Bonchev–Trinajstić information content (AvgIpc) is 3.53. The Kier molecular flexibility index (Phi) is 7.91. The lowest BCUT2D eigenvalue weighted by molar-refractivity contribution is -0.163. The maximum Gasteiger partial charge on any atom is 0.192 e. The van der Waals surface area contributed by atoms with E-state index in [2.05, 4.69) is 13.0 Å². The van der Waals surface area contributed by atoms with E-state index in [1.54, 1.807) is 0 Å². The van der Waals surface area contributed by atoms with Gasteiger partial charge in [0.25, 0.3) is 0 Å². The third-order valence-electron chi connectivity index (χ3n) is 5.78. The van der Waals surface area contributed by atoms with Crippen LogP contribution in [0.5, 0.6) is 0 Å². The van der Waals surface area contributed by atoms with Gasteiger partial charge in [0.1, 0.15) is 12.2 Å². The highest BCUT2D eigenvalue weighted by molar-refractivity contribution is 5.25. The number of ether oxygens (including phenoxy) is 3. The van der Waals surface area contributed by atoms with Crippen LogP contribution in [0.3, 0.4) is 0 Å². The van der Waals surface area contributed by atoms with Gasteiger partial charge in [-0.05, 0) is 50.5 Å². The first-order chi connectivity index (χ1) is 13.1. The average molecular weight is 381 g/mol. The first-order valence-corrected chi connectivity index (χ1v) is 10.7. The number of epoxide rings is 2. The summed E-state index contributed by atoms with van der Waals surface area (Å²) in [4.78, 5) is 0. The molecular formula is C22H36O5. The van der Waals surface area contributed by atoms with E-state index >= 15 is 0 Å². The zero-order valence-electron chi connectivity index (χ0n) is 16.7. The van der Waals surface area contributed by atoms with Crippen LogP contribution >= 0.6 is 0 Å². The Morgan fingerprint density at radius 2 is 1.70 bits per heavy atom. The van der Waals surface area contributed by atoms with Crippen molar-refractivity contribution in [2.24, 2.45) is 5.92 Å². The van der Waals surface area contributed by atoms with Crippen LogP contribution < -0.4 is 0 Å². The molecule has 0 aromatic heterocycles. The first kappa shape index (κ1) is 21.0. The van der Waals surface area contributed by atoms with Crippen molar-refractivity contribution < 1.29 is 24.4 Å². The smallest absolute Gasteiger partial charge is 0.192 e. The quantitative estimate of drug-likeness (QED) is 0.345. The van der Waals surface area contributed by atoms with Crippen LogP contribution in [0, 0.1) is 5.92 Å². The van der Waals surface area contributed by atoms with E-state index in [0.717, 1.165) is 83.4 Å². The van der Waals surface area contributed by atoms with Crippen LogP contribution in [0.4, 0.5) is 0 Å². The zero-order valence-corrected chi connectivity index (χ0v) is 16.7. The highest BCUT2D eigenvalue weighted by atomic mass is 16.6. The molecule has 0 radical (unpaired) electrons. The molecule has 2 aliphatic heterocycles.